The SMILES string of the molecule is CC(=O)SCC#Cc1ccc(C)c(F)c1. The first kappa shape index (κ1) is 11.8. The monoisotopic (exact) mass is 222 g/mol. The number of carbonyl (C=O) groups is 1. The van der Waals surface area contributed by atoms with Gasteiger partial charge in [0.05, 0.1) is 5.75 Å². The highest BCUT2D eigenvalue weighted by atomic mass is 32.2. The van der Waals surface area contributed by atoms with Crippen LogP contribution < -0.4 is 0 Å². The largest absolute Gasteiger partial charge is 0.288 e. The minimum atomic E-state index is -0.249. The van der Waals surface area contributed by atoms with Gasteiger partial charge in [-0.1, -0.05) is 29.7 Å². The van der Waals surface area contributed by atoms with Gasteiger partial charge in [0.25, 0.3) is 0 Å². The van der Waals surface area contributed by atoms with E-state index in [1.165, 1.54) is 13.0 Å². The van der Waals surface area contributed by atoms with E-state index >= 15 is 0 Å². The Morgan fingerprint density at radius 1 is 1.53 bits per heavy atom. The minimum Gasteiger partial charge on any atom is -0.288 e. The third kappa shape index (κ3) is 4.18. The average Bonchev–Trinajstić information content (AvgIpc) is 2.18. The number of hydrogen-bond acceptors (Lipinski definition) is 2. The molecule has 3 heteroatoms. The zero-order valence-corrected chi connectivity index (χ0v) is 9.45. The summed E-state index contributed by atoms with van der Waals surface area (Å²) in [5.41, 5.74) is 1.25. The highest BCUT2D eigenvalue weighted by Crippen LogP contribution is 2.08. The Morgan fingerprint density at radius 3 is 2.87 bits per heavy atom. The molecule has 0 heterocycles. The summed E-state index contributed by atoms with van der Waals surface area (Å²) in [4.78, 5) is 10.6. The third-order valence-electron chi connectivity index (χ3n) is 1.75. The molecule has 1 aromatic rings. The van der Waals surface area contributed by atoms with Gasteiger partial charge in [-0.05, 0) is 24.6 Å². The van der Waals surface area contributed by atoms with Crippen molar-refractivity contribution in [3.63, 3.8) is 0 Å². The summed E-state index contributed by atoms with van der Waals surface area (Å²) in [6.45, 7) is 3.20. The van der Waals surface area contributed by atoms with Gasteiger partial charge in [-0.2, -0.15) is 0 Å². The van der Waals surface area contributed by atoms with Gasteiger partial charge in [0.1, 0.15) is 5.82 Å². The van der Waals surface area contributed by atoms with Crippen LogP contribution in [0.4, 0.5) is 4.39 Å². The number of rotatable bonds is 1. The molecule has 0 radical (unpaired) electrons. The minimum absolute atomic E-state index is 0.0411. The maximum absolute atomic E-state index is 13.1. The smallest absolute Gasteiger partial charge is 0.186 e. The van der Waals surface area contributed by atoms with Crippen molar-refractivity contribution in [1.29, 1.82) is 0 Å². The average molecular weight is 222 g/mol. The molecule has 15 heavy (non-hydrogen) atoms. The van der Waals surface area contributed by atoms with Gasteiger partial charge in [0.15, 0.2) is 5.12 Å². The second-order valence-corrected chi connectivity index (χ2v) is 4.20. The normalized spacial score (nSPS) is 9.27. The van der Waals surface area contributed by atoms with Crippen molar-refractivity contribution in [1.82, 2.24) is 0 Å². The Bertz CT molecular complexity index is 429. The summed E-state index contributed by atoms with van der Waals surface area (Å²) < 4.78 is 13.1. The maximum atomic E-state index is 13.1. The van der Waals surface area contributed by atoms with E-state index in [2.05, 4.69) is 11.8 Å². The Hall–Kier alpha value is -1.27. The molecule has 0 fully saturated rings. The molecule has 0 atom stereocenters. The molecule has 0 unspecified atom stereocenters. The molecule has 0 amide bonds. The molecule has 0 saturated heterocycles. The van der Waals surface area contributed by atoms with Crippen molar-refractivity contribution in [3.05, 3.63) is 35.1 Å². The summed E-state index contributed by atoms with van der Waals surface area (Å²) in [5.74, 6) is 5.81. The predicted octanol–water partition coefficient (Wildman–Crippen LogP) is 2.77. The van der Waals surface area contributed by atoms with Gasteiger partial charge in [-0.15, -0.1) is 0 Å². The number of benzene rings is 1. The number of halogens is 1. The quantitative estimate of drug-likeness (QED) is 0.680. The molecule has 1 rings (SSSR count). The second-order valence-electron chi connectivity index (χ2n) is 3.05. The molecule has 78 valence electrons. The molecule has 0 spiro atoms. The molecule has 1 nitrogen and oxygen atoms in total. The van der Waals surface area contributed by atoms with Crippen LogP contribution in [-0.4, -0.2) is 10.9 Å². The van der Waals surface area contributed by atoms with Gasteiger partial charge >= 0.3 is 0 Å². The molecule has 0 aliphatic heterocycles. The van der Waals surface area contributed by atoms with Crippen LogP contribution in [0.5, 0.6) is 0 Å². The highest BCUT2D eigenvalue weighted by molar-refractivity contribution is 8.13. The lowest BCUT2D eigenvalue weighted by Gasteiger charge is -1.95. The molecule has 0 saturated carbocycles. The summed E-state index contributed by atoms with van der Waals surface area (Å²) in [7, 11) is 0. The fourth-order valence-corrected chi connectivity index (χ4v) is 1.29. The van der Waals surface area contributed by atoms with Gasteiger partial charge in [-0.3, -0.25) is 4.79 Å². The first-order chi connectivity index (χ1) is 7.09. The lowest BCUT2D eigenvalue weighted by molar-refractivity contribution is -0.109. The first-order valence-corrected chi connectivity index (χ1v) is 5.46. The fourth-order valence-electron chi connectivity index (χ4n) is 0.946. The Balaban J connectivity index is 2.64. The molecule has 0 aliphatic carbocycles. The Kier molecular flexibility index (Phi) is 4.38. The summed E-state index contributed by atoms with van der Waals surface area (Å²) >= 11 is 1.15. The molecule has 0 aromatic heterocycles. The Morgan fingerprint density at radius 2 is 2.27 bits per heavy atom. The van der Waals surface area contributed by atoms with Crippen LogP contribution in [0.1, 0.15) is 18.1 Å². The van der Waals surface area contributed by atoms with E-state index in [0.29, 0.717) is 16.9 Å². The van der Waals surface area contributed by atoms with Gasteiger partial charge in [0, 0.05) is 12.5 Å². The standard InChI is InChI=1S/C12H11FOS/c1-9-5-6-11(8-12(9)13)4-3-7-15-10(2)14/h5-6,8H,7H2,1-2H3. The number of thioether (sulfide) groups is 1. The second kappa shape index (κ2) is 5.57. The van der Waals surface area contributed by atoms with Crippen molar-refractivity contribution >= 4 is 16.9 Å². The van der Waals surface area contributed by atoms with E-state index in [4.69, 9.17) is 0 Å². The van der Waals surface area contributed by atoms with E-state index in [1.807, 2.05) is 0 Å². The van der Waals surface area contributed by atoms with E-state index in [0.717, 1.165) is 11.8 Å². The van der Waals surface area contributed by atoms with E-state index < -0.39 is 0 Å². The van der Waals surface area contributed by atoms with Crippen LogP contribution >= 0.6 is 11.8 Å². The molecule has 1 aromatic carbocycles. The zero-order chi connectivity index (χ0) is 11.3. The van der Waals surface area contributed by atoms with E-state index in [1.54, 1.807) is 19.1 Å². The molecular weight excluding hydrogens is 211 g/mol. The topological polar surface area (TPSA) is 17.1 Å². The lowest BCUT2D eigenvalue weighted by Crippen LogP contribution is -1.85. The van der Waals surface area contributed by atoms with Gasteiger partial charge < -0.3 is 0 Å². The Labute approximate surface area is 93.1 Å². The molecule has 0 N–H and O–H groups in total. The summed E-state index contributed by atoms with van der Waals surface area (Å²) in [6.07, 6.45) is 0. The lowest BCUT2D eigenvalue weighted by atomic mass is 10.1. The highest BCUT2D eigenvalue weighted by Gasteiger charge is 1.96. The van der Waals surface area contributed by atoms with E-state index in [9.17, 15) is 9.18 Å². The van der Waals surface area contributed by atoms with Crippen molar-refractivity contribution in [2.45, 2.75) is 13.8 Å². The van der Waals surface area contributed by atoms with Crippen molar-refractivity contribution in [2.75, 3.05) is 5.75 Å². The first-order valence-electron chi connectivity index (χ1n) is 4.48. The third-order valence-corrected chi connectivity index (χ3v) is 2.45. The van der Waals surface area contributed by atoms with Crippen molar-refractivity contribution in [3.8, 4) is 11.8 Å². The van der Waals surface area contributed by atoms with Crippen LogP contribution in [0.25, 0.3) is 0 Å². The molecular formula is C12H11FOS. The van der Waals surface area contributed by atoms with Crippen LogP contribution in [0.3, 0.4) is 0 Å². The number of aryl methyl sites for hydroxylation is 1. The van der Waals surface area contributed by atoms with Crippen LogP contribution in [-0.2, 0) is 4.79 Å². The number of carbonyl (C=O) groups excluding carboxylic acids is 1. The summed E-state index contributed by atoms with van der Waals surface area (Å²) in [6, 6.07) is 4.86. The number of hydrogen-bond donors (Lipinski definition) is 0. The van der Waals surface area contributed by atoms with E-state index in [-0.39, 0.29) is 10.9 Å². The maximum Gasteiger partial charge on any atom is 0.186 e. The molecule has 0 aliphatic rings. The van der Waals surface area contributed by atoms with Crippen molar-refractivity contribution < 1.29 is 9.18 Å². The fraction of sp³-hybridized carbons (Fsp3) is 0.250. The van der Waals surface area contributed by atoms with Crippen LogP contribution in [0.2, 0.25) is 0 Å². The van der Waals surface area contributed by atoms with Crippen molar-refractivity contribution in [2.24, 2.45) is 0 Å². The van der Waals surface area contributed by atoms with Crippen LogP contribution in [0.15, 0.2) is 18.2 Å². The molecule has 0 bridgehead atoms. The predicted molar refractivity (Wildman–Crippen MR) is 61.2 cm³/mol. The van der Waals surface area contributed by atoms with Gasteiger partial charge in [-0.25, -0.2) is 4.39 Å². The van der Waals surface area contributed by atoms with Crippen LogP contribution in [0, 0.1) is 24.6 Å². The summed E-state index contributed by atoms with van der Waals surface area (Å²) in [5, 5.41) is 0.0411. The zero-order valence-electron chi connectivity index (χ0n) is 8.63. The van der Waals surface area contributed by atoms with Gasteiger partial charge in [0.2, 0.25) is 0 Å².